The highest BCUT2D eigenvalue weighted by Gasteiger charge is 2.10. The number of hydrogen-bond acceptors (Lipinski definition) is 3. The smallest absolute Gasteiger partial charge is 0.145 e. The summed E-state index contributed by atoms with van der Waals surface area (Å²) >= 11 is 3.47. The quantitative estimate of drug-likeness (QED) is 0.655. The van der Waals surface area contributed by atoms with Gasteiger partial charge in [0, 0.05) is 4.47 Å². The predicted molar refractivity (Wildman–Crippen MR) is 83.6 cm³/mol. The molecule has 0 fully saturated rings. The minimum Gasteiger partial charge on any atom is -0.455 e. The van der Waals surface area contributed by atoms with Gasteiger partial charge in [-0.15, -0.1) is 0 Å². The van der Waals surface area contributed by atoms with Crippen LogP contribution in [0, 0.1) is 5.41 Å². The molecular formula is C15H16BrN3O. The van der Waals surface area contributed by atoms with Gasteiger partial charge in [0.1, 0.15) is 23.0 Å². The number of hydrogen-bond donors (Lipinski definition) is 2. The first-order valence-corrected chi connectivity index (χ1v) is 7.04. The molecule has 0 spiro atoms. The number of halogens is 1. The van der Waals surface area contributed by atoms with Crippen molar-refractivity contribution in [3.05, 3.63) is 52.3 Å². The fourth-order valence-corrected chi connectivity index (χ4v) is 2.17. The zero-order valence-electron chi connectivity index (χ0n) is 11.4. The lowest BCUT2D eigenvalue weighted by Gasteiger charge is -2.14. The van der Waals surface area contributed by atoms with Crippen molar-refractivity contribution in [3.63, 3.8) is 0 Å². The maximum absolute atomic E-state index is 7.31. The predicted octanol–water partition coefficient (Wildman–Crippen LogP) is 4.04. The lowest BCUT2D eigenvalue weighted by Crippen LogP contribution is -2.12. The van der Waals surface area contributed by atoms with Crippen molar-refractivity contribution in [1.82, 2.24) is 4.98 Å². The third-order valence-electron chi connectivity index (χ3n) is 2.83. The van der Waals surface area contributed by atoms with E-state index in [1.54, 1.807) is 18.3 Å². The Balaban J connectivity index is 2.27. The van der Waals surface area contributed by atoms with Crippen molar-refractivity contribution >= 4 is 21.8 Å². The number of pyridine rings is 1. The van der Waals surface area contributed by atoms with E-state index in [0.717, 1.165) is 15.8 Å². The van der Waals surface area contributed by atoms with Crippen molar-refractivity contribution in [2.24, 2.45) is 5.73 Å². The summed E-state index contributed by atoms with van der Waals surface area (Å²) in [6, 6.07) is 9.36. The zero-order valence-corrected chi connectivity index (χ0v) is 12.9. The zero-order chi connectivity index (χ0) is 14.7. The Kier molecular flexibility index (Phi) is 4.39. The number of nitrogens with zero attached hydrogens (tertiary/aromatic N) is 1. The fraction of sp³-hybridized carbons (Fsp3) is 0.200. The molecule has 0 saturated carbocycles. The molecule has 0 bridgehead atoms. The molecule has 0 aliphatic rings. The molecule has 1 aromatic heterocycles. The average molecular weight is 334 g/mol. The monoisotopic (exact) mass is 333 g/mol. The van der Waals surface area contributed by atoms with Gasteiger partial charge >= 0.3 is 0 Å². The van der Waals surface area contributed by atoms with Crippen molar-refractivity contribution < 1.29 is 4.74 Å². The van der Waals surface area contributed by atoms with Crippen molar-refractivity contribution in [1.29, 1.82) is 5.41 Å². The maximum Gasteiger partial charge on any atom is 0.145 e. The van der Waals surface area contributed by atoms with Crippen molar-refractivity contribution in [2.75, 3.05) is 0 Å². The molecule has 0 saturated heterocycles. The van der Waals surface area contributed by atoms with Gasteiger partial charge in [0.25, 0.3) is 0 Å². The SMILES string of the molecule is CC(C)c1cc(Br)ccc1Oc1ccc(C(=N)N)nc1. The number of nitrogens with two attached hydrogens (primary N) is 1. The van der Waals surface area contributed by atoms with Crippen LogP contribution in [0.5, 0.6) is 11.5 Å². The van der Waals surface area contributed by atoms with Crippen LogP contribution in [-0.2, 0) is 0 Å². The van der Waals surface area contributed by atoms with E-state index in [4.69, 9.17) is 15.9 Å². The normalized spacial score (nSPS) is 10.6. The van der Waals surface area contributed by atoms with Gasteiger partial charge in [0.15, 0.2) is 0 Å². The molecule has 5 heteroatoms. The van der Waals surface area contributed by atoms with Crippen LogP contribution in [0.25, 0.3) is 0 Å². The molecule has 20 heavy (non-hydrogen) atoms. The van der Waals surface area contributed by atoms with Crippen LogP contribution in [0.1, 0.15) is 31.0 Å². The van der Waals surface area contributed by atoms with Gasteiger partial charge in [-0.2, -0.15) is 0 Å². The Morgan fingerprint density at radius 3 is 2.60 bits per heavy atom. The van der Waals surface area contributed by atoms with Crippen LogP contribution < -0.4 is 10.5 Å². The van der Waals surface area contributed by atoms with Crippen molar-refractivity contribution in [2.45, 2.75) is 19.8 Å². The van der Waals surface area contributed by atoms with Crippen LogP contribution in [0.3, 0.4) is 0 Å². The van der Waals surface area contributed by atoms with Crippen molar-refractivity contribution in [3.8, 4) is 11.5 Å². The Bertz CT molecular complexity index is 624. The molecule has 0 unspecified atom stereocenters. The van der Waals surface area contributed by atoms with E-state index in [1.165, 1.54) is 0 Å². The van der Waals surface area contributed by atoms with Gasteiger partial charge < -0.3 is 10.5 Å². The topological polar surface area (TPSA) is 72.0 Å². The van der Waals surface area contributed by atoms with E-state index >= 15 is 0 Å². The van der Waals surface area contributed by atoms with E-state index in [0.29, 0.717) is 17.4 Å². The first-order chi connectivity index (χ1) is 9.47. The average Bonchev–Trinajstić information content (AvgIpc) is 2.41. The molecule has 0 radical (unpaired) electrons. The molecule has 2 rings (SSSR count). The first kappa shape index (κ1) is 14.5. The number of amidine groups is 1. The summed E-state index contributed by atoms with van der Waals surface area (Å²) in [5.74, 6) is 1.73. The molecule has 0 aliphatic heterocycles. The Morgan fingerprint density at radius 1 is 1.30 bits per heavy atom. The second kappa shape index (κ2) is 6.05. The van der Waals surface area contributed by atoms with Gasteiger partial charge in [0.05, 0.1) is 6.20 Å². The lowest BCUT2D eigenvalue weighted by molar-refractivity contribution is 0.470. The number of rotatable bonds is 4. The molecule has 1 heterocycles. The van der Waals surface area contributed by atoms with Gasteiger partial charge in [-0.3, -0.25) is 5.41 Å². The molecular weight excluding hydrogens is 318 g/mol. The highest BCUT2D eigenvalue weighted by Crippen LogP contribution is 2.32. The largest absolute Gasteiger partial charge is 0.455 e. The summed E-state index contributed by atoms with van der Waals surface area (Å²) in [5, 5.41) is 7.31. The number of nitrogens with one attached hydrogen (secondary N) is 1. The Labute approximate surface area is 126 Å². The van der Waals surface area contributed by atoms with Gasteiger partial charge in [-0.05, 0) is 41.8 Å². The summed E-state index contributed by atoms with van der Waals surface area (Å²) in [7, 11) is 0. The van der Waals surface area contributed by atoms with Crippen LogP contribution in [0.4, 0.5) is 0 Å². The van der Waals surface area contributed by atoms with E-state index in [-0.39, 0.29) is 5.84 Å². The van der Waals surface area contributed by atoms with Crippen LogP contribution in [0.15, 0.2) is 41.0 Å². The van der Waals surface area contributed by atoms with Gasteiger partial charge in [0.2, 0.25) is 0 Å². The minimum absolute atomic E-state index is 0.0527. The number of ether oxygens (including phenoxy) is 1. The first-order valence-electron chi connectivity index (χ1n) is 6.25. The van der Waals surface area contributed by atoms with Crippen LogP contribution in [0.2, 0.25) is 0 Å². The summed E-state index contributed by atoms with van der Waals surface area (Å²) in [6.45, 7) is 4.23. The molecule has 0 aliphatic carbocycles. The number of aromatic nitrogens is 1. The molecule has 1 aromatic carbocycles. The van der Waals surface area contributed by atoms with E-state index in [2.05, 4.69) is 40.8 Å². The number of nitrogen functional groups attached to an aromatic ring is 1. The minimum atomic E-state index is -0.0527. The second-order valence-electron chi connectivity index (χ2n) is 4.73. The number of benzene rings is 1. The van der Waals surface area contributed by atoms with Gasteiger partial charge in [-0.25, -0.2) is 4.98 Å². The summed E-state index contributed by atoms with van der Waals surface area (Å²) < 4.78 is 6.89. The molecule has 3 N–H and O–H groups in total. The third-order valence-corrected chi connectivity index (χ3v) is 3.33. The van der Waals surface area contributed by atoms with E-state index in [9.17, 15) is 0 Å². The van der Waals surface area contributed by atoms with E-state index < -0.39 is 0 Å². The molecule has 0 atom stereocenters. The van der Waals surface area contributed by atoms with Crippen LogP contribution >= 0.6 is 15.9 Å². The molecule has 2 aromatic rings. The summed E-state index contributed by atoms with van der Waals surface area (Å²) in [5.41, 5.74) is 6.93. The lowest BCUT2D eigenvalue weighted by atomic mass is 10.0. The molecule has 0 amide bonds. The Hall–Kier alpha value is -1.88. The molecule has 4 nitrogen and oxygen atoms in total. The maximum atomic E-state index is 7.31. The summed E-state index contributed by atoms with van der Waals surface area (Å²) in [6.07, 6.45) is 1.57. The Morgan fingerprint density at radius 2 is 2.05 bits per heavy atom. The van der Waals surface area contributed by atoms with Gasteiger partial charge in [-0.1, -0.05) is 29.8 Å². The highest BCUT2D eigenvalue weighted by molar-refractivity contribution is 9.10. The van der Waals surface area contributed by atoms with Crippen LogP contribution in [-0.4, -0.2) is 10.8 Å². The third kappa shape index (κ3) is 3.36. The summed E-state index contributed by atoms with van der Waals surface area (Å²) in [4.78, 5) is 4.08. The van der Waals surface area contributed by atoms with E-state index in [1.807, 2.05) is 12.1 Å². The molecule has 104 valence electrons. The second-order valence-corrected chi connectivity index (χ2v) is 5.65. The standard InChI is InChI=1S/C15H16BrN3O/c1-9(2)12-7-10(16)3-6-14(12)20-11-4-5-13(15(17)18)19-8-11/h3-9H,1-2H3,(H3,17,18). The fourth-order valence-electron chi connectivity index (χ4n) is 1.79. The highest BCUT2D eigenvalue weighted by atomic mass is 79.9.